The monoisotopic (exact) mass is 397 g/mol. The molecule has 0 aliphatic heterocycles. The summed E-state index contributed by atoms with van der Waals surface area (Å²) in [6.45, 7) is 5.28. The highest BCUT2D eigenvalue weighted by Crippen LogP contribution is 2.11. The lowest BCUT2D eigenvalue weighted by atomic mass is 10.0. The van der Waals surface area contributed by atoms with Crippen molar-refractivity contribution in [2.24, 2.45) is 0 Å². The maximum atomic E-state index is 12.7. The molecule has 0 aromatic heterocycles. The maximum absolute atomic E-state index is 12.7. The summed E-state index contributed by atoms with van der Waals surface area (Å²) < 4.78 is 10.4. The number of carbonyl (C=O) groups excluding carboxylic acids is 3. The van der Waals surface area contributed by atoms with Crippen molar-refractivity contribution >= 4 is 17.8 Å². The minimum Gasteiger partial charge on any atom is -0.460 e. The van der Waals surface area contributed by atoms with Crippen molar-refractivity contribution in [3.63, 3.8) is 0 Å². The van der Waals surface area contributed by atoms with E-state index in [0.717, 1.165) is 11.1 Å². The summed E-state index contributed by atoms with van der Waals surface area (Å²) in [7, 11) is 0. The van der Waals surface area contributed by atoms with Gasteiger partial charge in [0.15, 0.2) is 5.78 Å². The Kier molecular flexibility index (Phi) is 7.95. The lowest BCUT2D eigenvalue weighted by molar-refractivity contribution is -0.156. The Morgan fingerprint density at radius 2 is 1.45 bits per heavy atom. The van der Waals surface area contributed by atoms with E-state index in [1.54, 1.807) is 20.8 Å². The number of hydrogen-bond donors (Lipinski definition) is 1. The van der Waals surface area contributed by atoms with E-state index < -0.39 is 35.9 Å². The Hall–Kier alpha value is -3.15. The number of esters is 1. The molecule has 0 unspecified atom stereocenters. The predicted molar refractivity (Wildman–Crippen MR) is 109 cm³/mol. The molecule has 1 N–H and O–H groups in total. The van der Waals surface area contributed by atoms with E-state index >= 15 is 0 Å². The summed E-state index contributed by atoms with van der Waals surface area (Å²) in [4.78, 5) is 37.0. The number of ether oxygens (including phenoxy) is 2. The highest BCUT2D eigenvalue weighted by atomic mass is 16.6. The van der Waals surface area contributed by atoms with Gasteiger partial charge in [-0.3, -0.25) is 9.59 Å². The SMILES string of the molecule is CC(C)(C)OC(=O)CC(=O)[C@H](Cc1ccccc1)NC(=O)OCc1ccccc1. The van der Waals surface area contributed by atoms with Gasteiger partial charge in [-0.1, -0.05) is 60.7 Å². The third kappa shape index (κ3) is 8.60. The molecule has 154 valence electrons. The molecule has 6 heteroatoms. The van der Waals surface area contributed by atoms with Crippen LogP contribution in [0.25, 0.3) is 0 Å². The van der Waals surface area contributed by atoms with Crippen LogP contribution in [0.2, 0.25) is 0 Å². The van der Waals surface area contributed by atoms with Gasteiger partial charge in [-0.25, -0.2) is 4.79 Å². The lowest BCUT2D eigenvalue weighted by Gasteiger charge is -2.21. The van der Waals surface area contributed by atoms with Crippen LogP contribution in [0.4, 0.5) is 4.79 Å². The largest absolute Gasteiger partial charge is 0.460 e. The number of hydrogen-bond acceptors (Lipinski definition) is 5. The van der Waals surface area contributed by atoms with Crippen molar-refractivity contribution in [1.82, 2.24) is 5.32 Å². The normalized spacial score (nSPS) is 12.0. The highest BCUT2D eigenvalue weighted by Gasteiger charge is 2.26. The fourth-order valence-electron chi connectivity index (χ4n) is 2.65. The first kappa shape index (κ1) is 22.1. The fraction of sp³-hybridized carbons (Fsp3) is 0.348. The van der Waals surface area contributed by atoms with Crippen LogP contribution in [-0.4, -0.2) is 29.5 Å². The second-order valence-corrected chi connectivity index (χ2v) is 7.68. The summed E-state index contributed by atoms with van der Waals surface area (Å²) >= 11 is 0. The number of rotatable bonds is 8. The third-order valence-corrected chi connectivity index (χ3v) is 3.91. The van der Waals surface area contributed by atoms with Crippen LogP contribution in [0.1, 0.15) is 38.3 Å². The van der Waals surface area contributed by atoms with E-state index in [1.807, 2.05) is 60.7 Å². The van der Waals surface area contributed by atoms with E-state index in [1.165, 1.54) is 0 Å². The van der Waals surface area contributed by atoms with Gasteiger partial charge in [-0.05, 0) is 38.3 Å². The Labute approximate surface area is 171 Å². The van der Waals surface area contributed by atoms with Gasteiger partial charge in [0.1, 0.15) is 18.6 Å². The molecule has 2 rings (SSSR count). The molecule has 6 nitrogen and oxygen atoms in total. The molecule has 0 saturated heterocycles. The standard InChI is InChI=1S/C23H27NO5/c1-23(2,3)29-21(26)15-20(25)19(14-17-10-6-4-7-11-17)24-22(27)28-16-18-12-8-5-9-13-18/h4-13,19H,14-16H2,1-3H3,(H,24,27)/t19-/m0/s1. The molecule has 0 heterocycles. The lowest BCUT2D eigenvalue weighted by Crippen LogP contribution is -2.43. The molecule has 0 spiro atoms. The van der Waals surface area contributed by atoms with Crippen molar-refractivity contribution < 1.29 is 23.9 Å². The Bertz CT molecular complexity index is 812. The Morgan fingerprint density at radius 1 is 0.897 bits per heavy atom. The van der Waals surface area contributed by atoms with Gasteiger partial charge < -0.3 is 14.8 Å². The van der Waals surface area contributed by atoms with Gasteiger partial charge >= 0.3 is 12.1 Å². The zero-order valence-corrected chi connectivity index (χ0v) is 17.0. The first-order valence-electron chi connectivity index (χ1n) is 9.48. The van der Waals surface area contributed by atoms with Gasteiger partial charge in [0.05, 0.1) is 6.04 Å². The molecule has 29 heavy (non-hydrogen) atoms. The zero-order valence-electron chi connectivity index (χ0n) is 17.0. The molecule has 0 radical (unpaired) electrons. The van der Waals surface area contributed by atoms with Crippen molar-refractivity contribution in [3.05, 3.63) is 71.8 Å². The number of alkyl carbamates (subject to hydrolysis) is 1. The number of carbonyl (C=O) groups is 3. The van der Waals surface area contributed by atoms with E-state index in [9.17, 15) is 14.4 Å². The topological polar surface area (TPSA) is 81.7 Å². The van der Waals surface area contributed by atoms with Gasteiger partial charge in [0.2, 0.25) is 0 Å². The molecular weight excluding hydrogens is 370 g/mol. The molecule has 0 aliphatic carbocycles. The van der Waals surface area contributed by atoms with E-state index in [-0.39, 0.29) is 13.0 Å². The molecule has 0 bridgehead atoms. The summed E-state index contributed by atoms with van der Waals surface area (Å²) in [5, 5.41) is 2.59. The average Bonchev–Trinajstić information content (AvgIpc) is 2.66. The maximum Gasteiger partial charge on any atom is 0.408 e. The third-order valence-electron chi connectivity index (χ3n) is 3.91. The zero-order chi connectivity index (χ0) is 21.3. The molecule has 0 saturated carbocycles. The van der Waals surface area contributed by atoms with Crippen LogP contribution in [0.15, 0.2) is 60.7 Å². The average molecular weight is 397 g/mol. The summed E-state index contributed by atoms with van der Waals surface area (Å²) in [5.41, 5.74) is 1.01. The number of amides is 1. The van der Waals surface area contributed by atoms with Gasteiger partial charge in [-0.2, -0.15) is 0 Å². The smallest absolute Gasteiger partial charge is 0.408 e. The molecular formula is C23H27NO5. The molecule has 0 fully saturated rings. The van der Waals surface area contributed by atoms with Crippen molar-refractivity contribution in [3.8, 4) is 0 Å². The van der Waals surface area contributed by atoms with Crippen molar-refractivity contribution in [1.29, 1.82) is 0 Å². The summed E-state index contributed by atoms with van der Waals surface area (Å²) in [6.07, 6.45) is -0.885. The minimum atomic E-state index is -0.895. The first-order chi connectivity index (χ1) is 13.7. The van der Waals surface area contributed by atoms with Crippen molar-refractivity contribution in [2.45, 2.75) is 51.9 Å². The summed E-state index contributed by atoms with van der Waals surface area (Å²) in [6, 6.07) is 17.6. The Balaban J connectivity index is 2.00. The van der Waals surface area contributed by atoms with Crippen LogP contribution >= 0.6 is 0 Å². The van der Waals surface area contributed by atoms with Crippen molar-refractivity contribution in [2.75, 3.05) is 0 Å². The van der Waals surface area contributed by atoms with Crippen LogP contribution in [0.5, 0.6) is 0 Å². The number of benzene rings is 2. The summed E-state index contributed by atoms with van der Waals surface area (Å²) in [5.74, 6) is -1.06. The second kappa shape index (κ2) is 10.4. The first-order valence-corrected chi connectivity index (χ1v) is 9.48. The highest BCUT2D eigenvalue weighted by molar-refractivity contribution is 5.99. The van der Waals surface area contributed by atoms with E-state index in [4.69, 9.17) is 9.47 Å². The molecule has 2 aromatic carbocycles. The van der Waals surface area contributed by atoms with Crippen LogP contribution < -0.4 is 5.32 Å². The molecule has 1 atom stereocenters. The van der Waals surface area contributed by atoms with Gasteiger partial charge in [0.25, 0.3) is 0 Å². The van der Waals surface area contributed by atoms with Crippen LogP contribution in [0, 0.1) is 0 Å². The van der Waals surface area contributed by atoms with Gasteiger partial charge in [0, 0.05) is 0 Å². The van der Waals surface area contributed by atoms with Crippen LogP contribution in [-0.2, 0) is 32.1 Å². The number of Topliss-reactive ketones (excluding diaryl/α,β-unsaturated/α-hetero) is 1. The minimum absolute atomic E-state index is 0.0883. The molecule has 2 aromatic rings. The second-order valence-electron chi connectivity index (χ2n) is 7.68. The molecule has 0 aliphatic rings. The van der Waals surface area contributed by atoms with E-state index in [2.05, 4.69) is 5.32 Å². The number of nitrogens with one attached hydrogen (secondary N) is 1. The fourth-order valence-corrected chi connectivity index (χ4v) is 2.65. The quantitative estimate of drug-likeness (QED) is 0.541. The Morgan fingerprint density at radius 3 is 2.00 bits per heavy atom. The van der Waals surface area contributed by atoms with Gasteiger partial charge in [-0.15, -0.1) is 0 Å². The van der Waals surface area contributed by atoms with Crippen LogP contribution in [0.3, 0.4) is 0 Å². The molecule has 1 amide bonds. The number of ketones is 1. The van der Waals surface area contributed by atoms with E-state index in [0.29, 0.717) is 0 Å². The predicted octanol–water partition coefficient (Wildman–Crippen LogP) is 3.83.